The van der Waals surface area contributed by atoms with Crippen LogP contribution in [0.2, 0.25) is 5.02 Å². The summed E-state index contributed by atoms with van der Waals surface area (Å²) in [7, 11) is 0. The number of hydrogen-bond acceptors (Lipinski definition) is 5. The van der Waals surface area contributed by atoms with Gasteiger partial charge in [-0.2, -0.15) is 0 Å². The van der Waals surface area contributed by atoms with E-state index in [-0.39, 0.29) is 21.8 Å². The van der Waals surface area contributed by atoms with Crippen LogP contribution in [0.3, 0.4) is 0 Å². The highest BCUT2D eigenvalue weighted by Crippen LogP contribution is 2.57. The Morgan fingerprint density at radius 3 is 2.11 bits per heavy atom. The Balaban J connectivity index is 1.54. The lowest BCUT2D eigenvalue weighted by atomic mass is 9.77. The van der Waals surface area contributed by atoms with E-state index in [2.05, 4.69) is 15.9 Å². The predicted octanol–water partition coefficient (Wildman–Crippen LogP) is 4.94. The first-order valence-corrected chi connectivity index (χ1v) is 11.9. The summed E-state index contributed by atoms with van der Waals surface area (Å²) in [5.74, 6) is -5.95. The fraction of sp³-hybridized carbons (Fsp3) is 0.154. The molecule has 0 radical (unpaired) electrons. The molecule has 3 aliphatic rings. The zero-order valence-corrected chi connectivity index (χ0v) is 20.0. The Bertz CT molecular complexity index is 1440. The van der Waals surface area contributed by atoms with Gasteiger partial charge in [-0.15, -0.1) is 0 Å². The van der Waals surface area contributed by atoms with E-state index in [1.54, 1.807) is 36.4 Å². The minimum absolute atomic E-state index is 0.0564. The molecule has 3 aromatic rings. The van der Waals surface area contributed by atoms with Crippen molar-refractivity contribution >= 4 is 56.6 Å². The summed E-state index contributed by atoms with van der Waals surface area (Å²) in [4.78, 5) is 55.8. The third-order valence-corrected chi connectivity index (χ3v) is 7.70. The highest BCUT2D eigenvalue weighted by atomic mass is 79.9. The van der Waals surface area contributed by atoms with Gasteiger partial charge in [-0.25, -0.2) is 9.29 Å². The average molecular weight is 555 g/mol. The zero-order valence-electron chi connectivity index (χ0n) is 17.7. The molecule has 2 fully saturated rings. The van der Waals surface area contributed by atoms with Gasteiger partial charge in [0.2, 0.25) is 29.0 Å². The number of fused-ring (bicyclic) bond motifs is 3. The molecule has 1 aliphatic carbocycles. The number of carbonyl (C=O) groups excluding carboxylic acids is 4. The van der Waals surface area contributed by atoms with Crippen LogP contribution in [0.25, 0.3) is 0 Å². The molecule has 0 aromatic heterocycles. The number of Topliss-reactive ketones (excluding diaryl/α,β-unsaturated/α-hetero) is 2. The van der Waals surface area contributed by atoms with Crippen LogP contribution in [0.4, 0.5) is 10.1 Å². The molecule has 2 saturated heterocycles. The highest BCUT2D eigenvalue weighted by molar-refractivity contribution is 9.10. The molecule has 174 valence electrons. The first-order valence-electron chi connectivity index (χ1n) is 10.7. The van der Waals surface area contributed by atoms with E-state index in [1.807, 2.05) is 0 Å². The maximum atomic E-state index is 13.8. The van der Waals surface area contributed by atoms with Crippen LogP contribution < -0.4 is 4.90 Å². The van der Waals surface area contributed by atoms with Crippen molar-refractivity contribution in [1.82, 2.24) is 0 Å². The molecule has 2 heterocycles. The maximum Gasteiger partial charge on any atom is 0.241 e. The quantitative estimate of drug-likeness (QED) is 0.331. The summed E-state index contributed by atoms with van der Waals surface area (Å²) in [5, 5.41) is -0.268. The van der Waals surface area contributed by atoms with Crippen molar-refractivity contribution in [2.75, 3.05) is 4.90 Å². The maximum absolute atomic E-state index is 13.8. The van der Waals surface area contributed by atoms with Crippen molar-refractivity contribution in [3.8, 4) is 0 Å². The number of amides is 2. The first-order chi connectivity index (χ1) is 16.8. The molecule has 3 atom stereocenters. The van der Waals surface area contributed by atoms with E-state index in [9.17, 15) is 23.6 Å². The van der Waals surface area contributed by atoms with E-state index >= 15 is 0 Å². The first kappa shape index (κ1) is 22.3. The zero-order chi connectivity index (χ0) is 24.6. The predicted molar refractivity (Wildman–Crippen MR) is 127 cm³/mol. The largest absolute Gasteiger partial charge is 0.349 e. The van der Waals surface area contributed by atoms with Gasteiger partial charge in [0, 0.05) is 15.6 Å². The summed E-state index contributed by atoms with van der Waals surface area (Å²) in [6.45, 7) is 0. The van der Waals surface area contributed by atoms with E-state index in [1.165, 1.54) is 24.3 Å². The van der Waals surface area contributed by atoms with E-state index in [0.717, 1.165) is 15.4 Å². The Morgan fingerprint density at radius 1 is 0.886 bits per heavy atom. The Morgan fingerprint density at radius 2 is 1.51 bits per heavy atom. The summed E-state index contributed by atoms with van der Waals surface area (Å²) >= 11 is 9.28. The lowest BCUT2D eigenvalue weighted by Gasteiger charge is -2.27. The lowest BCUT2D eigenvalue weighted by Crippen LogP contribution is -2.51. The highest BCUT2D eigenvalue weighted by Gasteiger charge is 2.74. The third kappa shape index (κ3) is 2.90. The summed E-state index contributed by atoms with van der Waals surface area (Å²) in [5.41, 5.74) is -1.28. The number of ketones is 2. The number of nitrogens with zero attached hydrogens (tertiary/aromatic N) is 1. The van der Waals surface area contributed by atoms with Crippen molar-refractivity contribution in [3.63, 3.8) is 0 Å². The van der Waals surface area contributed by atoms with Crippen LogP contribution in [0.15, 0.2) is 71.2 Å². The van der Waals surface area contributed by atoms with Gasteiger partial charge in [0.1, 0.15) is 5.82 Å². The molecule has 9 heteroatoms. The van der Waals surface area contributed by atoms with Crippen LogP contribution in [0, 0.1) is 17.7 Å². The molecule has 3 aromatic carbocycles. The third-order valence-electron chi connectivity index (χ3n) is 6.88. The number of rotatable bonds is 2. The monoisotopic (exact) mass is 553 g/mol. The van der Waals surface area contributed by atoms with Crippen LogP contribution in [-0.4, -0.2) is 29.0 Å². The van der Waals surface area contributed by atoms with Crippen molar-refractivity contribution in [2.24, 2.45) is 11.8 Å². The van der Waals surface area contributed by atoms with Crippen molar-refractivity contribution < 1.29 is 28.3 Å². The molecule has 2 amide bonds. The molecule has 6 rings (SSSR count). The van der Waals surface area contributed by atoms with Gasteiger partial charge in [0.25, 0.3) is 0 Å². The van der Waals surface area contributed by atoms with E-state index in [4.69, 9.17) is 16.3 Å². The van der Waals surface area contributed by atoms with Gasteiger partial charge in [-0.05, 0) is 35.9 Å². The molecule has 0 N–H and O–H groups in total. The number of ether oxygens (including phenoxy) is 1. The molecule has 0 unspecified atom stereocenters. The fourth-order valence-electron chi connectivity index (χ4n) is 5.35. The second-order valence-corrected chi connectivity index (χ2v) is 9.97. The Kier molecular flexibility index (Phi) is 4.87. The summed E-state index contributed by atoms with van der Waals surface area (Å²) in [6.07, 6.45) is -1.03. The van der Waals surface area contributed by atoms with Crippen molar-refractivity contribution in [1.29, 1.82) is 0 Å². The number of benzene rings is 3. The Hall–Kier alpha value is -3.20. The second kappa shape index (κ2) is 7.65. The van der Waals surface area contributed by atoms with Gasteiger partial charge < -0.3 is 4.74 Å². The minimum Gasteiger partial charge on any atom is -0.349 e. The van der Waals surface area contributed by atoms with Crippen molar-refractivity contribution in [3.05, 3.63) is 98.7 Å². The van der Waals surface area contributed by atoms with Gasteiger partial charge >= 0.3 is 0 Å². The topological polar surface area (TPSA) is 80.8 Å². The van der Waals surface area contributed by atoms with Gasteiger partial charge in [0.15, 0.2) is 0 Å². The molecule has 0 saturated carbocycles. The Labute approximate surface area is 211 Å². The standard InChI is InChI=1S/C26H14BrClFNO5/c27-13-7-5-12(6-8-13)21-19-20(25(34)30(24(19)33)14-9-10-18(29)17(28)11-14)26(35-21)22(31)15-3-1-2-4-16(15)23(26)32/h1-11,19-21H/t19-,20-,21-/m0/s1. The SMILES string of the molecule is O=C1[C@H]2[C@@H](C(=O)N1c1ccc(F)c(Cl)c1)C1(O[C@H]2c2ccc(Br)cc2)C(=O)c2ccccc2C1=O. The van der Waals surface area contributed by atoms with Crippen LogP contribution in [-0.2, 0) is 14.3 Å². The number of halogens is 3. The van der Waals surface area contributed by atoms with E-state index < -0.39 is 52.7 Å². The molecule has 2 aliphatic heterocycles. The van der Waals surface area contributed by atoms with Crippen LogP contribution >= 0.6 is 27.5 Å². The number of carbonyl (C=O) groups is 4. The van der Waals surface area contributed by atoms with Crippen molar-refractivity contribution in [2.45, 2.75) is 11.7 Å². The molecular formula is C26H14BrClFNO5. The fourth-order valence-corrected chi connectivity index (χ4v) is 5.79. The lowest BCUT2D eigenvalue weighted by molar-refractivity contribution is -0.127. The molecule has 1 spiro atoms. The second-order valence-electron chi connectivity index (χ2n) is 8.64. The summed E-state index contributed by atoms with van der Waals surface area (Å²) < 4.78 is 20.8. The summed E-state index contributed by atoms with van der Waals surface area (Å²) in [6, 6.07) is 16.6. The number of hydrogen-bond donors (Lipinski definition) is 0. The van der Waals surface area contributed by atoms with Crippen LogP contribution in [0.5, 0.6) is 0 Å². The van der Waals surface area contributed by atoms with Gasteiger partial charge in [0.05, 0.1) is 28.6 Å². The molecule has 6 nitrogen and oxygen atoms in total. The minimum atomic E-state index is -2.17. The smallest absolute Gasteiger partial charge is 0.241 e. The van der Waals surface area contributed by atoms with Gasteiger partial charge in [-0.3, -0.25) is 19.2 Å². The normalized spacial score (nSPS) is 24.4. The van der Waals surface area contributed by atoms with Crippen LogP contribution in [0.1, 0.15) is 32.4 Å². The number of imide groups is 1. The van der Waals surface area contributed by atoms with E-state index in [0.29, 0.717) is 5.56 Å². The molecular weight excluding hydrogens is 541 g/mol. The molecule has 35 heavy (non-hydrogen) atoms. The van der Waals surface area contributed by atoms with Gasteiger partial charge in [-0.1, -0.05) is 63.9 Å². The number of anilines is 1. The molecule has 0 bridgehead atoms. The average Bonchev–Trinajstić information content (AvgIpc) is 3.41.